The molecule has 4 aliphatic carbocycles. The first-order valence-corrected chi connectivity index (χ1v) is 13.0. The zero-order valence-corrected chi connectivity index (χ0v) is 20.7. The molecule has 0 radical (unpaired) electrons. The SMILES string of the molecule is CC(C)[C@H](NC(=O)Cc1cccc2ccccc12)C(=O)OCC(=O)NC12CC3CC(CC(C3)C1)C2. The van der Waals surface area contributed by atoms with Gasteiger partial charge in [-0.05, 0) is 78.5 Å². The van der Waals surface area contributed by atoms with Crippen LogP contribution in [0.4, 0.5) is 0 Å². The molecule has 2 N–H and O–H groups in total. The number of carbonyl (C=O) groups is 3. The van der Waals surface area contributed by atoms with Gasteiger partial charge in [0.05, 0.1) is 6.42 Å². The monoisotopic (exact) mass is 476 g/mol. The van der Waals surface area contributed by atoms with Crippen LogP contribution in [0.15, 0.2) is 42.5 Å². The van der Waals surface area contributed by atoms with Crippen molar-refractivity contribution in [2.45, 2.75) is 70.4 Å². The van der Waals surface area contributed by atoms with Crippen LogP contribution in [0, 0.1) is 23.7 Å². The number of rotatable bonds is 8. The molecule has 2 aromatic carbocycles. The second-order valence-corrected chi connectivity index (χ2v) is 11.5. The third-order valence-electron chi connectivity index (χ3n) is 8.26. The van der Waals surface area contributed by atoms with Gasteiger partial charge in [0, 0.05) is 5.54 Å². The molecule has 6 nitrogen and oxygen atoms in total. The third-order valence-corrected chi connectivity index (χ3v) is 8.26. The summed E-state index contributed by atoms with van der Waals surface area (Å²) >= 11 is 0. The van der Waals surface area contributed by atoms with Crippen molar-refractivity contribution in [1.82, 2.24) is 10.6 Å². The third kappa shape index (κ3) is 5.21. The molecular formula is C29H36N2O4. The van der Waals surface area contributed by atoms with E-state index in [1.807, 2.05) is 56.3 Å². The van der Waals surface area contributed by atoms with Crippen LogP contribution in [0.5, 0.6) is 0 Å². The van der Waals surface area contributed by atoms with Crippen LogP contribution in [0.2, 0.25) is 0 Å². The van der Waals surface area contributed by atoms with Crippen molar-refractivity contribution in [3.05, 3.63) is 48.0 Å². The first kappa shape index (κ1) is 23.8. The molecule has 6 heteroatoms. The van der Waals surface area contributed by atoms with Crippen LogP contribution in [-0.2, 0) is 25.5 Å². The van der Waals surface area contributed by atoms with Gasteiger partial charge in [-0.1, -0.05) is 56.3 Å². The lowest BCUT2D eigenvalue weighted by atomic mass is 9.53. The van der Waals surface area contributed by atoms with E-state index < -0.39 is 12.0 Å². The predicted molar refractivity (Wildman–Crippen MR) is 134 cm³/mol. The highest BCUT2D eigenvalue weighted by Crippen LogP contribution is 2.55. The number of hydrogen-bond acceptors (Lipinski definition) is 4. The molecule has 0 saturated heterocycles. The molecule has 186 valence electrons. The van der Waals surface area contributed by atoms with Crippen LogP contribution < -0.4 is 10.6 Å². The molecular weight excluding hydrogens is 440 g/mol. The molecule has 1 atom stereocenters. The summed E-state index contributed by atoms with van der Waals surface area (Å²) in [6.07, 6.45) is 7.24. The maximum atomic E-state index is 12.8. The van der Waals surface area contributed by atoms with Gasteiger partial charge < -0.3 is 15.4 Å². The Morgan fingerprint density at radius 2 is 1.54 bits per heavy atom. The van der Waals surface area contributed by atoms with Crippen molar-refractivity contribution in [2.75, 3.05) is 6.61 Å². The standard InChI is InChI=1S/C29H36N2O4/c1-18(2)27(30-25(32)13-23-8-5-7-22-6-3-4-9-24(22)23)28(34)35-17-26(33)31-29-14-19-10-20(15-29)12-21(11-19)16-29/h3-9,18-21,27H,10-17H2,1-2H3,(H,30,32)(H,31,33)/t19?,20?,21?,27-,29?/m0/s1. The number of carbonyl (C=O) groups excluding carboxylic acids is 3. The van der Waals surface area contributed by atoms with Gasteiger partial charge in [-0.3, -0.25) is 9.59 Å². The number of esters is 1. The van der Waals surface area contributed by atoms with E-state index in [1.165, 1.54) is 19.3 Å². The van der Waals surface area contributed by atoms with Gasteiger partial charge in [0.15, 0.2) is 6.61 Å². The zero-order chi connectivity index (χ0) is 24.6. The first-order chi connectivity index (χ1) is 16.8. The highest BCUT2D eigenvalue weighted by Gasteiger charge is 2.51. The maximum Gasteiger partial charge on any atom is 0.329 e. The van der Waals surface area contributed by atoms with Crippen LogP contribution >= 0.6 is 0 Å². The summed E-state index contributed by atoms with van der Waals surface area (Å²) < 4.78 is 5.40. The maximum absolute atomic E-state index is 12.8. The van der Waals surface area contributed by atoms with E-state index in [4.69, 9.17) is 4.74 Å². The van der Waals surface area contributed by atoms with E-state index in [1.54, 1.807) is 0 Å². The Bertz CT molecular complexity index is 1080. The molecule has 0 unspecified atom stereocenters. The lowest BCUT2D eigenvalue weighted by molar-refractivity contribution is -0.154. The molecule has 2 aromatic rings. The summed E-state index contributed by atoms with van der Waals surface area (Å²) in [7, 11) is 0. The summed E-state index contributed by atoms with van der Waals surface area (Å²) in [6.45, 7) is 3.42. The van der Waals surface area contributed by atoms with Gasteiger partial charge in [0.2, 0.25) is 5.91 Å². The molecule has 2 amide bonds. The highest BCUT2D eigenvalue weighted by atomic mass is 16.5. The molecule has 6 rings (SSSR count). The van der Waals surface area contributed by atoms with Crippen molar-refractivity contribution in [3.8, 4) is 0 Å². The number of fused-ring (bicyclic) bond motifs is 1. The minimum Gasteiger partial charge on any atom is -0.454 e. The number of nitrogens with one attached hydrogen (secondary N) is 2. The van der Waals surface area contributed by atoms with Gasteiger partial charge >= 0.3 is 5.97 Å². The van der Waals surface area contributed by atoms with E-state index in [2.05, 4.69) is 10.6 Å². The lowest BCUT2D eigenvalue weighted by Crippen LogP contribution is -2.60. The molecule has 0 spiro atoms. The van der Waals surface area contributed by atoms with Crippen molar-refractivity contribution in [2.24, 2.45) is 23.7 Å². The van der Waals surface area contributed by atoms with Gasteiger partial charge in [-0.25, -0.2) is 4.79 Å². The molecule has 0 heterocycles. The molecule has 4 bridgehead atoms. The second kappa shape index (κ2) is 9.63. The van der Waals surface area contributed by atoms with E-state index in [9.17, 15) is 14.4 Å². The van der Waals surface area contributed by atoms with Gasteiger partial charge in [0.25, 0.3) is 5.91 Å². The second-order valence-electron chi connectivity index (χ2n) is 11.5. The normalized spacial score (nSPS) is 27.6. The fourth-order valence-electron chi connectivity index (χ4n) is 7.16. The Labute approximate surface area is 207 Å². The Morgan fingerprint density at radius 3 is 2.20 bits per heavy atom. The fourth-order valence-corrected chi connectivity index (χ4v) is 7.16. The zero-order valence-electron chi connectivity index (χ0n) is 20.7. The topological polar surface area (TPSA) is 84.5 Å². The number of ether oxygens (including phenoxy) is 1. The van der Waals surface area contributed by atoms with Crippen molar-refractivity contribution < 1.29 is 19.1 Å². The summed E-state index contributed by atoms with van der Waals surface area (Å²) in [5.74, 6) is 0.987. The Hall–Kier alpha value is -2.89. The van der Waals surface area contributed by atoms with Gasteiger partial charge in [0.1, 0.15) is 6.04 Å². The minimum absolute atomic E-state index is 0.109. The average molecular weight is 477 g/mol. The highest BCUT2D eigenvalue weighted by molar-refractivity contribution is 5.92. The summed E-state index contributed by atoms with van der Waals surface area (Å²) in [5.41, 5.74) is 0.800. The smallest absolute Gasteiger partial charge is 0.329 e. The molecule has 0 aromatic heterocycles. The molecule has 4 aliphatic rings. The molecule has 35 heavy (non-hydrogen) atoms. The fraction of sp³-hybridized carbons (Fsp3) is 0.552. The summed E-state index contributed by atoms with van der Waals surface area (Å²) in [6, 6.07) is 13.0. The van der Waals surface area contributed by atoms with Gasteiger partial charge in [-0.15, -0.1) is 0 Å². The van der Waals surface area contributed by atoms with Crippen LogP contribution in [0.3, 0.4) is 0 Å². The van der Waals surface area contributed by atoms with E-state index in [-0.39, 0.29) is 36.3 Å². The van der Waals surface area contributed by atoms with Crippen LogP contribution in [-0.4, -0.2) is 36.0 Å². The molecule has 4 fully saturated rings. The predicted octanol–water partition coefficient (Wildman–Crippen LogP) is 4.15. The number of amides is 2. The summed E-state index contributed by atoms with van der Waals surface area (Å²) in [4.78, 5) is 38.4. The Balaban J connectivity index is 1.15. The van der Waals surface area contributed by atoms with E-state index in [0.29, 0.717) is 0 Å². The van der Waals surface area contributed by atoms with Crippen molar-refractivity contribution >= 4 is 28.6 Å². The lowest BCUT2D eigenvalue weighted by Gasteiger charge is -2.56. The minimum atomic E-state index is -0.801. The Morgan fingerprint density at radius 1 is 0.914 bits per heavy atom. The number of hydrogen-bond donors (Lipinski definition) is 2. The first-order valence-electron chi connectivity index (χ1n) is 13.0. The molecule has 4 saturated carbocycles. The van der Waals surface area contributed by atoms with E-state index in [0.717, 1.165) is 53.4 Å². The van der Waals surface area contributed by atoms with Crippen molar-refractivity contribution in [1.29, 1.82) is 0 Å². The van der Waals surface area contributed by atoms with Crippen LogP contribution in [0.1, 0.15) is 57.9 Å². The largest absolute Gasteiger partial charge is 0.454 e. The van der Waals surface area contributed by atoms with Crippen LogP contribution in [0.25, 0.3) is 10.8 Å². The van der Waals surface area contributed by atoms with Gasteiger partial charge in [-0.2, -0.15) is 0 Å². The quantitative estimate of drug-likeness (QED) is 0.561. The van der Waals surface area contributed by atoms with Crippen molar-refractivity contribution in [3.63, 3.8) is 0 Å². The molecule has 0 aliphatic heterocycles. The average Bonchev–Trinajstić information content (AvgIpc) is 2.80. The Kier molecular flexibility index (Phi) is 6.56. The number of benzene rings is 2. The summed E-state index contributed by atoms with van der Waals surface area (Å²) in [5, 5.41) is 8.16. The van der Waals surface area contributed by atoms with E-state index >= 15 is 0 Å².